The van der Waals surface area contributed by atoms with Gasteiger partial charge in [-0.3, -0.25) is 20.0 Å². The molecule has 11 nitrogen and oxygen atoms in total. The van der Waals surface area contributed by atoms with Gasteiger partial charge in [0.25, 0.3) is 11.6 Å². The van der Waals surface area contributed by atoms with Crippen LogP contribution in [0.1, 0.15) is 16.2 Å². The van der Waals surface area contributed by atoms with Crippen molar-refractivity contribution >= 4 is 33.9 Å². The van der Waals surface area contributed by atoms with E-state index in [2.05, 4.69) is 15.5 Å². The largest absolute Gasteiger partial charge is 0.379 e. The van der Waals surface area contributed by atoms with Crippen LogP contribution in [0.5, 0.6) is 5.75 Å². The van der Waals surface area contributed by atoms with Gasteiger partial charge < -0.3 is 14.1 Å². The minimum Gasteiger partial charge on any atom is -0.379 e. The Morgan fingerprint density at radius 2 is 2.00 bits per heavy atom. The number of nitro benzene ring substituents is 1. The molecule has 1 heterocycles. The summed E-state index contributed by atoms with van der Waals surface area (Å²) in [6, 6.07) is 9.89. The molecule has 1 amide bonds. The third-order valence-electron chi connectivity index (χ3n) is 4.02. The normalized spacial score (nSPS) is 11.1. The quantitative estimate of drug-likeness (QED) is 0.241. The maximum Gasteiger partial charge on any atom is 0.339 e. The van der Waals surface area contributed by atoms with Crippen molar-refractivity contribution in [2.45, 2.75) is 11.4 Å². The highest BCUT2D eigenvalue weighted by atomic mass is 32.2. The molecule has 0 bridgehead atoms. The number of carbonyl (C=O) groups is 1. The highest BCUT2D eigenvalue weighted by molar-refractivity contribution is 7.87. The molecule has 0 aliphatic heterocycles. The Kier molecular flexibility index (Phi) is 5.94. The monoisotopic (exact) mass is 449 g/mol. The Labute approximate surface area is 175 Å². The Balaban J connectivity index is 1.68. The lowest BCUT2D eigenvalue weighted by Gasteiger charge is -2.08. The first-order valence-corrected chi connectivity index (χ1v) is 10.2. The lowest BCUT2D eigenvalue weighted by molar-refractivity contribution is -0.385. The Hall–Kier alpha value is -3.58. The second-order valence-corrected chi connectivity index (χ2v) is 7.94. The fourth-order valence-electron chi connectivity index (χ4n) is 2.39. The summed E-state index contributed by atoms with van der Waals surface area (Å²) < 4.78 is 31.7. The molecule has 0 aliphatic carbocycles. The third-order valence-corrected chi connectivity index (χ3v) is 5.63. The van der Waals surface area contributed by atoms with Gasteiger partial charge in [-0.25, -0.2) is 0 Å². The van der Waals surface area contributed by atoms with Gasteiger partial charge in [-0.1, -0.05) is 6.07 Å². The van der Waals surface area contributed by atoms with E-state index in [1.807, 2.05) is 0 Å². The summed E-state index contributed by atoms with van der Waals surface area (Å²) in [7, 11) is -2.57. The second kappa shape index (κ2) is 8.42. The van der Waals surface area contributed by atoms with Crippen LogP contribution >= 0.6 is 12.2 Å². The minimum absolute atomic E-state index is 0.0486. The number of aromatic amines is 1. The number of aromatic nitrogens is 3. The topological polar surface area (TPSA) is 149 Å². The molecule has 2 N–H and O–H groups in total. The van der Waals surface area contributed by atoms with Gasteiger partial charge >= 0.3 is 10.1 Å². The van der Waals surface area contributed by atoms with E-state index in [4.69, 9.17) is 16.4 Å². The highest BCUT2D eigenvalue weighted by Gasteiger charge is 2.20. The molecule has 0 radical (unpaired) electrons. The van der Waals surface area contributed by atoms with Gasteiger partial charge in [0.05, 0.1) is 11.5 Å². The van der Waals surface area contributed by atoms with Crippen molar-refractivity contribution in [3.63, 3.8) is 0 Å². The van der Waals surface area contributed by atoms with Crippen molar-refractivity contribution < 1.29 is 22.3 Å². The molecule has 0 saturated carbocycles. The number of carbonyl (C=O) groups excluding carboxylic acids is 1. The summed E-state index contributed by atoms with van der Waals surface area (Å²) in [6.07, 6.45) is 0. The third kappa shape index (κ3) is 4.69. The molecular weight excluding hydrogens is 434 g/mol. The van der Waals surface area contributed by atoms with Crippen molar-refractivity contribution in [1.82, 2.24) is 20.1 Å². The van der Waals surface area contributed by atoms with Gasteiger partial charge in [-0.2, -0.15) is 13.5 Å². The number of non-ortho nitro benzene ring substituents is 1. The molecule has 0 unspecified atom stereocenters. The predicted molar refractivity (Wildman–Crippen MR) is 107 cm³/mol. The van der Waals surface area contributed by atoms with E-state index in [9.17, 15) is 23.3 Å². The number of nitrogens with zero attached hydrogens (tertiary/aromatic N) is 3. The first-order valence-electron chi connectivity index (χ1n) is 8.35. The average molecular weight is 449 g/mol. The fourth-order valence-corrected chi connectivity index (χ4v) is 3.51. The SMILES string of the molecule is Cn1c(CNC(=O)c2ccc(OS(=O)(=O)c3cccc([N+](=O)[O-])c3)cc2)n[nH]c1=S. The van der Waals surface area contributed by atoms with E-state index in [-0.39, 0.29) is 28.4 Å². The van der Waals surface area contributed by atoms with Crippen LogP contribution < -0.4 is 9.50 Å². The van der Waals surface area contributed by atoms with Gasteiger partial charge in [0.2, 0.25) is 0 Å². The van der Waals surface area contributed by atoms with Gasteiger partial charge in [-0.15, -0.1) is 0 Å². The van der Waals surface area contributed by atoms with Gasteiger partial charge in [0.1, 0.15) is 10.6 Å². The number of rotatable bonds is 7. The molecule has 3 aromatic rings. The molecule has 2 aromatic carbocycles. The van der Waals surface area contributed by atoms with Crippen LogP contribution in [0.15, 0.2) is 53.4 Å². The van der Waals surface area contributed by atoms with Crippen molar-refractivity contribution in [3.8, 4) is 5.75 Å². The number of H-pyrrole nitrogens is 1. The maximum absolute atomic E-state index is 12.3. The zero-order chi connectivity index (χ0) is 21.9. The van der Waals surface area contributed by atoms with Crippen molar-refractivity contribution in [3.05, 3.63) is 74.8 Å². The van der Waals surface area contributed by atoms with E-state index in [1.165, 1.54) is 42.5 Å². The summed E-state index contributed by atoms with van der Waals surface area (Å²) in [6.45, 7) is 0.141. The number of nitro groups is 1. The van der Waals surface area contributed by atoms with E-state index in [0.717, 1.165) is 6.07 Å². The highest BCUT2D eigenvalue weighted by Crippen LogP contribution is 2.22. The van der Waals surface area contributed by atoms with Crippen LogP contribution in [-0.4, -0.2) is 34.0 Å². The average Bonchev–Trinajstić information content (AvgIpc) is 3.04. The van der Waals surface area contributed by atoms with E-state index < -0.39 is 20.9 Å². The predicted octanol–water partition coefficient (Wildman–Crippen LogP) is 2.08. The minimum atomic E-state index is -4.28. The first kappa shape index (κ1) is 21.1. The molecule has 30 heavy (non-hydrogen) atoms. The number of hydrogen-bond donors (Lipinski definition) is 2. The van der Waals surface area contributed by atoms with Gasteiger partial charge in [-0.05, 0) is 42.5 Å². The summed E-state index contributed by atoms with van der Waals surface area (Å²) in [5.74, 6) is 0.0841. The summed E-state index contributed by atoms with van der Waals surface area (Å²) in [5, 5.41) is 20.1. The standard InChI is InChI=1S/C17H15N5O6S2/c1-21-15(19-20-17(21)29)10-18-16(23)11-5-7-13(8-6-11)28-30(26,27)14-4-2-3-12(9-14)22(24)25/h2-9H,10H2,1H3,(H,18,23)(H,20,29). The molecule has 0 fully saturated rings. The van der Waals surface area contributed by atoms with E-state index in [1.54, 1.807) is 11.6 Å². The molecule has 0 saturated heterocycles. The second-order valence-electron chi connectivity index (χ2n) is 6.00. The summed E-state index contributed by atoms with van der Waals surface area (Å²) in [5.41, 5.74) is -0.105. The van der Waals surface area contributed by atoms with E-state index >= 15 is 0 Å². The van der Waals surface area contributed by atoms with Crippen LogP contribution in [0, 0.1) is 14.9 Å². The molecule has 0 spiro atoms. The molecule has 3 rings (SSSR count). The Morgan fingerprint density at radius 3 is 2.60 bits per heavy atom. The molecule has 1 aromatic heterocycles. The lowest BCUT2D eigenvalue weighted by atomic mass is 10.2. The molecule has 0 aliphatic rings. The first-order chi connectivity index (χ1) is 14.2. The number of nitrogens with one attached hydrogen (secondary N) is 2. The lowest BCUT2D eigenvalue weighted by Crippen LogP contribution is -2.24. The van der Waals surface area contributed by atoms with Gasteiger partial charge in [0.15, 0.2) is 10.6 Å². The number of amides is 1. The van der Waals surface area contributed by atoms with Gasteiger partial charge in [0, 0.05) is 24.7 Å². The van der Waals surface area contributed by atoms with Crippen molar-refractivity contribution in [2.24, 2.45) is 7.05 Å². The maximum atomic E-state index is 12.3. The molecular formula is C17H15N5O6S2. The summed E-state index contributed by atoms with van der Waals surface area (Å²) >= 11 is 5.00. The van der Waals surface area contributed by atoms with Crippen molar-refractivity contribution in [1.29, 1.82) is 0 Å². The number of hydrogen-bond acceptors (Lipinski definition) is 8. The molecule has 156 valence electrons. The zero-order valence-electron chi connectivity index (χ0n) is 15.4. The molecule has 0 atom stereocenters. The van der Waals surface area contributed by atoms with Crippen LogP contribution in [0.25, 0.3) is 0 Å². The number of benzene rings is 2. The smallest absolute Gasteiger partial charge is 0.339 e. The fraction of sp³-hybridized carbons (Fsp3) is 0.118. The van der Waals surface area contributed by atoms with E-state index in [0.29, 0.717) is 10.6 Å². The Morgan fingerprint density at radius 1 is 1.30 bits per heavy atom. The van der Waals surface area contributed by atoms with Crippen LogP contribution in [-0.2, 0) is 23.7 Å². The molecule has 13 heteroatoms. The van der Waals surface area contributed by atoms with Crippen LogP contribution in [0.3, 0.4) is 0 Å². The Bertz CT molecular complexity index is 1260. The zero-order valence-corrected chi connectivity index (χ0v) is 17.1. The summed E-state index contributed by atoms with van der Waals surface area (Å²) in [4.78, 5) is 22.0. The van der Waals surface area contributed by atoms with Crippen LogP contribution in [0.4, 0.5) is 5.69 Å². The van der Waals surface area contributed by atoms with Crippen LogP contribution in [0.2, 0.25) is 0 Å². The van der Waals surface area contributed by atoms with Crippen molar-refractivity contribution in [2.75, 3.05) is 0 Å².